The van der Waals surface area contributed by atoms with Crippen LogP contribution in [0.1, 0.15) is 11.1 Å². The lowest BCUT2D eigenvalue weighted by Gasteiger charge is -2.19. The van der Waals surface area contributed by atoms with E-state index >= 15 is 0 Å². The van der Waals surface area contributed by atoms with Crippen LogP contribution in [0.25, 0.3) is 0 Å². The Morgan fingerprint density at radius 3 is 1.82 bits per heavy atom. The summed E-state index contributed by atoms with van der Waals surface area (Å²) >= 11 is 0. The Kier molecular flexibility index (Phi) is 3.34. The molecule has 3 heteroatoms. The second-order valence-corrected chi connectivity index (χ2v) is 3.60. The van der Waals surface area contributed by atoms with E-state index in [0.717, 1.165) is 24.0 Å². The Balaban J connectivity index is 0.000000329. The number of benzene rings is 2. The van der Waals surface area contributed by atoms with E-state index in [2.05, 4.69) is 24.3 Å². The first-order valence-electron chi connectivity index (χ1n) is 5.22. The van der Waals surface area contributed by atoms with Gasteiger partial charge in [0.05, 0.1) is 0 Å². The molecule has 84 valence electrons. The predicted molar refractivity (Wildman–Crippen MR) is 64.2 cm³/mol. The molecular weight excluding hydrogens is 214 g/mol. The fraction of sp³-hybridized carbons (Fsp3) is 0.0714. The summed E-state index contributed by atoms with van der Waals surface area (Å²) in [6, 6.07) is 16.4. The SMILES string of the molecule is N=C=O.c1ccc2c(c1)Cc1ccccc1O2. The Labute approximate surface area is 99.2 Å². The van der Waals surface area contributed by atoms with E-state index in [9.17, 15) is 0 Å². The highest BCUT2D eigenvalue weighted by Gasteiger charge is 2.14. The molecule has 1 aliphatic rings. The van der Waals surface area contributed by atoms with Gasteiger partial charge in [0.15, 0.2) is 0 Å². The molecule has 1 heterocycles. The average molecular weight is 225 g/mol. The zero-order valence-corrected chi connectivity index (χ0v) is 9.14. The second kappa shape index (κ2) is 5.10. The molecule has 3 nitrogen and oxygen atoms in total. The summed E-state index contributed by atoms with van der Waals surface area (Å²) in [5, 5.41) is 5.40. The molecule has 17 heavy (non-hydrogen) atoms. The third-order valence-corrected chi connectivity index (χ3v) is 2.55. The lowest BCUT2D eigenvalue weighted by atomic mass is 10.0. The molecule has 0 fully saturated rings. The van der Waals surface area contributed by atoms with Gasteiger partial charge in [-0.25, -0.2) is 10.2 Å². The molecule has 3 rings (SSSR count). The van der Waals surface area contributed by atoms with Gasteiger partial charge in [0.25, 0.3) is 0 Å². The molecule has 0 atom stereocenters. The molecule has 0 saturated carbocycles. The van der Waals surface area contributed by atoms with Gasteiger partial charge in [0, 0.05) is 6.42 Å². The highest BCUT2D eigenvalue weighted by atomic mass is 16.5. The molecule has 0 bridgehead atoms. The first-order chi connectivity index (χ1) is 8.35. The van der Waals surface area contributed by atoms with Crippen LogP contribution in [0.5, 0.6) is 11.5 Å². The quantitative estimate of drug-likeness (QED) is 0.471. The average Bonchev–Trinajstić information content (AvgIpc) is 2.37. The van der Waals surface area contributed by atoms with Crippen molar-refractivity contribution >= 4 is 6.08 Å². The molecule has 0 radical (unpaired) electrons. The fourth-order valence-electron chi connectivity index (χ4n) is 1.82. The summed E-state index contributed by atoms with van der Waals surface area (Å²) in [6.45, 7) is 0. The van der Waals surface area contributed by atoms with Crippen LogP contribution >= 0.6 is 0 Å². The van der Waals surface area contributed by atoms with E-state index in [-0.39, 0.29) is 0 Å². The van der Waals surface area contributed by atoms with Crippen LogP contribution in [-0.4, -0.2) is 6.08 Å². The first-order valence-corrected chi connectivity index (χ1v) is 5.22. The Morgan fingerprint density at radius 2 is 1.35 bits per heavy atom. The lowest BCUT2D eigenvalue weighted by Crippen LogP contribution is -2.01. The number of hydrogen-bond donors (Lipinski definition) is 1. The van der Waals surface area contributed by atoms with E-state index in [4.69, 9.17) is 14.9 Å². The third kappa shape index (κ3) is 2.41. The summed E-state index contributed by atoms with van der Waals surface area (Å²) in [6.07, 6.45) is 1.73. The predicted octanol–water partition coefficient (Wildman–Crippen LogP) is 3.28. The van der Waals surface area contributed by atoms with Crippen LogP contribution in [0.4, 0.5) is 0 Å². The summed E-state index contributed by atoms with van der Waals surface area (Å²) in [4.78, 5) is 8.35. The highest BCUT2D eigenvalue weighted by Crippen LogP contribution is 2.35. The zero-order chi connectivity index (χ0) is 12.1. The van der Waals surface area contributed by atoms with Crippen molar-refractivity contribution in [3.63, 3.8) is 0 Å². The minimum Gasteiger partial charge on any atom is -0.457 e. The number of rotatable bonds is 0. The molecule has 1 N–H and O–H groups in total. The van der Waals surface area contributed by atoms with Gasteiger partial charge in [0.1, 0.15) is 11.5 Å². The number of hydrogen-bond acceptors (Lipinski definition) is 3. The van der Waals surface area contributed by atoms with Crippen molar-refractivity contribution in [3.05, 3.63) is 59.7 Å². The second-order valence-electron chi connectivity index (χ2n) is 3.60. The topological polar surface area (TPSA) is 50.2 Å². The van der Waals surface area contributed by atoms with Crippen LogP contribution in [0.2, 0.25) is 0 Å². The third-order valence-electron chi connectivity index (χ3n) is 2.55. The minimum atomic E-state index is 0.750. The van der Waals surface area contributed by atoms with E-state index in [1.165, 1.54) is 11.1 Å². The lowest BCUT2D eigenvalue weighted by molar-refractivity contribution is 0.460. The molecular formula is C14H11NO2. The van der Waals surface area contributed by atoms with Crippen molar-refractivity contribution in [1.29, 1.82) is 5.41 Å². The van der Waals surface area contributed by atoms with Gasteiger partial charge >= 0.3 is 0 Å². The van der Waals surface area contributed by atoms with E-state index < -0.39 is 0 Å². The maximum atomic E-state index is 8.35. The number of nitrogens with one attached hydrogen (secondary N) is 1. The van der Waals surface area contributed by atoms with Crippen molar-refractivity contribution in [2.24, 2.45) is 0 Å². The Morgan fingerprint density at radius 1 is 0.941 bits per heavy atom. The molecule has 0 spiro atoms. The monoisotopic (exact) mass is 225 g/mol. The van der Waals surface area contributed by atoms with E-state index in [1.54, 1.807) is 0 Å². The van der Waals surface area contributed by atoms with Crippen LogP contribution in [0.15, 0.2) is 48.5 Å². The number of para-hydroxylation sites is 2. The van der Waals surface area contributed by atoms with Crippen LogP contribution in [0, 0.1) is 5.41 Å². The smallest absolute Gasteiger partial charge is 0.231 e. The normalized spacial score (nSPS) is 10.8. The largest absolute Gasteiger partial charge is 0.457 e. The molecule has 0 saturated heterocycles. The molecule has 2 aromatic rings. The maximum Gasteiger partial charge on any atom is 0.231 e. The van der Waals surface area contributed by atoms with E-state index in [0.29, 0.717) is 0 Å². The number of carbonyl (C=O) groups excluding carboxylic acids is 1. The van der Waals surface area contributed by atoms with Crippen molar-refractivity contribution in [1.82, 2.24) is 0 Å². The number of isocyanates is 1. The van der Waals surface area contributed by atoms with Gasteiger partial charge in [-0.1, -0.05) is 36.4 Å². The molecule has 0 aromatic heterocycles. The number of fused-ring (bicyclic) bond motifs is 2. The zero-order valence-electron chi connectivity index (χ0n) is 9.14. The summed E-state index contributed by atoms with van der Waals surface area (Å²) in [5.74, 6) is 1.98. The van der Waals surface area contributed by atoms with Crippen molar-refractivity contribution in [2.45, 2.75) is 6.42 Å². The standard InChI is InChI=1S/C13H10O.CHNO/c1-3-7-12-10(5-1)9-11-6-2-4-8-13(11)14-12;2-1-3/h1-8H,9H2;2H. The van der Waals surface area contributed by atoms with Crippen molar-refractivity contribution < 1.29 is 9.53 Å². The molecule has 1 aliphatic heterocycles. The van der Waals surface area contributed by atoms with Gasteiger partial charge in [-0.2, -0.15) is 0 Å². The Hall–Kier alpha value is -2.38. The van der Waals surface area contributed by atoms with Gasteiger partial charge in [-0.15, -0.1) is 0 Å². The minimum absolute atomic E-state index is 0.750. The summed E-state index contributed by atoms with van der Waals surface area (Å²) < 4.78 is 5.78. The fourth-order valence-corrected chi connectivity index (χ4v) is 1.82. The van der Waals surface area contributed by atoms with Gasteiger partial charge in [-0.05, 0) is 23.3 Å². The van der Waals surface area contributed by atoms with Crippen molar-refractivity contribution in [3.8, 4) is 11.5 Å². The van der Waals surface area contributed by atoms with Crippen LogP contribution < -0.4 is 4.74 Å². The molecule has 2 aromatic carbocycles. The maximum absolute atomic E-state index is 8.35. The van der Waals surface area contributed by atoms with Gasteiger partial charge < -0.3 is 4.74 Å². The summed E-state index contributed by atoms with van der Waals surface area (Å²) in [7, 11) is 0. The molecule has 0 aliphatic carbocycles. The summed E-state index contributed by atoms with van der Waals surface area (Å²) in [5.41, 5.74) is 2.54. The van der Waals surface area contributed by atoms with E-state index in [1.807, 2.05) is 24.3 Å². The Bertz CT molecular complexity index is 470. The van der Waals surface area contributed by atoms with Crippen LogP contribution in [0.3, 0.4) is 0 Å². The molecule has 0 unspecified atom stereocenters. The van der Waals surface area contributed by atoms with Crippen LogP contribution in [-0.2, 0) is 11.2 Å². The first kappa shape index (κ1) is 11.1. The van der Waals surface area contributed by atoms with Gasteiger partial charge in [-0.3, -0.25) is 0 Å². The molecule has 0 amide bonds. The highest BCUT2D eigenvalue weighted by molar-refractivity contribution is 5.49. The number of ether oxygens (including phenoxy) is 1. The van der Waals surface area contributed by atoms with Gasteiger partial charge in [0.2, 0.25) is 6.08 Å². The van der Waals surface area contributed by atoms with Crippen molar-refractivity contribution in [2.75, 3.05) is 0 Å².